The van der Waals surface area contributed by atoms with Crippen LogP contribution in [-0.2, 0) is 19.9 Å². The van der Waals surface area contributed by atoms with Crippen LogP contribution in [0.3, 0.4) is 0 Å². The Morgan fingerprint density at radius 1 is 1.14 bits per heavy atom. The van der Waals surface area contributed by atoms with Gasteiger partial charge in [0.15, 0.2) is 0 Å². The fraction of sp³-hybridized carbons (Fsp3) is 0.235. The molecule has 0 spiro atoms. The van der Waals surface area contributed by atoms with Crippen molar-refractivity contribution in [2.75, 3.05) is 0 Å². The minimum Gasteiger partial charge on any atom is -0.392 e. The smallest absolute Gasteiger partial charge is 0.112 e. The Hall–Kier alpha value is -1.65. The van der Waals surface area contributed by atoms with E-state index in [0.29, 0.717) is 12.8 Å². The van der Waals surface area contributed by atoms with Gasteiger partial charge in [0, 0.05) is 17.9 Å². The van der Waals surface area contributed by atoms with E-state index in [9.17, 15) is 5.11 Å². The van der Waals surface area contributed by atoms with E-state index < -0.39 is 6.10 Å². The molecule has 1 unspecified atom stereocenters. The molecule has 3 aromatic rings. The van der Waals surface area contributed by atoms with E-state index in [1.165, 1.54) is 0 Å². The summed E-state index contributed by atoms with van der Waals surface area (Å²) in [6, 6.07) is 16.1. The standard InChI is InChI=1S/C17H17BrN2O/c1-20-16-8-3-2-7-15(16)19-17(20)11-14(21)10-12-5-4-6-13(18)9-12/h2-9,14,21H,10-11H2,1H3. The lowest BCUT2D eigenvalue weighted by Crippen LogP contribution is -2.16. The van der Waals surface area contributed by atoms with Gasteiger partial charge in [0.05, 0.1) is 17.1 Å². The molecule has 0 saturated carbocycles. The summed E-state index contributed by atoms with van der Waals surface area (Å²) >= 11 is 3.46. The van der Waals surface area contributed by atoms with Crippen molar-refractivity contribution in [3.63, 3.8) is 0 Å². The van der Waals surface area contributed by atoms with Crippen LogP contribution in [-0.4, -0.2) is 20.8 Å². The Labute approximate surface area is 132 Å². The van der Waals surface area contributed by atoms with E-state index in [2.05, 4.69) is 25.5 Å². The lowest BCUT2D eigenvalue weighted by atomic mass is 10.1. The Morgan fingerprint density at radius 3 is 2.71 bits per heavy atom. The average Bonchev–Trinajstić information content (AvgIpc) is 2.76. The summed E-state index contributed by atoms with van der Waals surface area (Å²) < 4.78 is 3.09. The first-order valence-corrected chi connectivity index (χ1v) is 7.75. The molecule has 108 valence electrons. The molecule has 1 N–H and O–H groups in total. The van der Waals surface area contributed by atoms with Gasteiger partial charge in [-0.2, -0.15) is 0 Å². The molecule has 0 aliphatic heterocycles. The highest BCUT2D eigenvalue weighted by Crippen LogP contribution is 2.17. The summed E-state index contributed by atoms with van der Waals surface area (Å²) in [5, 5.41) is 10.3. The fourth-order valence-electron chi connectivity index (χ4n) is 2.60. The summed E-state index contributed by atoms with van der Waals surface area (Å²) in [4.78, 5) is 4.61. The summed E-state index contributed by atoms with van der Waals surface area (Å²) in [5.41, 5.74) is 3.20. The van der Waals surface area contributed by atoms with Gasteiger partial charge in [-0.15, -0.1) is 0 Å². The highest BCUT2D eigenvalue weighted by atomic mass is 79.9. The monoisotopic (exact) mass is 344 g/mol. The number of aliphatic hydroxyl groups is 1. The Morgan fingerprint density at radius 2 is 1.95 bits per heavy atom. The van der Waals surface area contributed by atoms with Crippen molar-refractivity contribution in [2.24, 2.45) is 7.05 Å². The summed E-state index contributed by atoms with van der Waals surface area (Å²) in [6.07, 6.45) is 0.746. The van der Waals surface area contributed by atoms with E-state index in [1.807, 2.05) is 55.6 Å². The minimum atomic E-state index is -0.435. The first-order chi connectivity index (χ1) is 10.1. The molecule has 1 heterocycles. The lowest BCUT2D eigenvalue weighted by molar-refractivity contribution is 0.172. The fourth-order valence-corrected chi connectivity index (χ4v) is 3.04. The zero-order valence-electron chi connectivity index (χ0n) is 11.8. The quantitative estimate of drug-likeness (QED) is 0.786. The van der Waals surface area contributed by atoms with Crippen molar-refractivity contribution < 1.29 is 5.11 Å². The molecular formula is C17H17BrN2O. The van der Waals surface area contributed by atoms with Crippen molar-refractivity contribution >= 4 is 27.0 Å². The molecule has 0 radical (unpaired) electrons. The highest BCUT2D eigenvalue weighted by molar-refractivity contribution is 9.10. The van der Waals surface area contributed by atoms with E-state index in [0.717, 1.165) is 26.9 Å². The Kier molecular flexibility index (Phi) is 4.08. The van der Waals surface area contributed by atoms with Crippen LogP contribution in [0.5, 0.6) is 0 Å². The third kappa shape index (κ3) is 3.17. The summed E-state index contributed by atoms with van der Waals surface area (Å²) in [5.74, 6) is 0.915. The number of imidazole rings is 1. The van der Waals surface area contributed by atoms with Crippen LogP contribution in [0.25, 0.3) is 11.0 Å². The molecule has 0 bridgehead atoms. The first-order valence-electron chi connectivity index (χ1n) is 6.96. The van der Waals surface area contributed by atoms with Gasteiger partial charge >= 0.3 is 0 Å². The number of halogens is 1. The molecule has 2 aromatic carbocycles. The van der Waals surface area contributed by atoms with Gasteiger partial charge in [-0.25, -0.2) is 4.98 Å². The number of aliphatic hydroxyl groups excluding tert-OH is 1. The van der Waals surface area contributed by atoms with Gasteiger partial charge in [0.25, 0.3) is 0 Å². The third-order valence-corrected chi connectivity index (χ3v) is 4.15. The van der Waals surface area contributed by atoms with Crippen LogP contribution < -0.4 is 0 Å². The largest absolute Gasteiger partial charge is 0.392 e. The van der Waals surface area contributed by atoms with Crippen LogP contribution >= 0.6 is 15.9 Å². The zero-order valence-corrected chi connectivity index (χ0v) is 13.4. The molecule has 0 fully saturated rings. The first kappa shape index (κ1) is 14.3. The van der Waals surface area contributed by atoms with Crippen molar-refractivity contribution in [1.29, 1.82) is 0 Å². The predicted molar refractivity (Wildman–Crippen MR) is 88.3 cm³/mol. The number of rotatable bonds is 4. The van der Waals surface area contributed by atoms with E-state index in [4.69, 9.17) is 0 Å². The molecule has 0 saturated heterocycles. The van der Waals surface area contributed by atoms with Gasteiger partial charge in [-0.05, 0) is 36.2 Å². The number of aryl methyl sites for hydroxylation is 1. The lowest BCUT2D eigenvalue weighted by Gasteiger charge is -2.11. The van der Waals surface area contributed by atoms with Crippen LogP contribution in [0.4, 0.5) is 0 Å². The van der Waals surface area contributed by atoms with E-state index in [-0.39, 0.29) is 0 Å². The molecule has 1 atom stereocenters. The SMILES string of the molecule is Cn1c(CC(O)Cc2cccc(Br)c2)nc2ccccc21. The van der Waals surface area contributed by atoms with Gasteiger partial charge < -0.3 is 9.67 Å². The van der Waals surface area contributed by atoms with E-state index in [1.54, 1.807) is 0 Å². The molecule has 21 heavy (non-hydrogen) atoms. The number of aromatic nitrogens is 2. The second-order valence-corrected chi connectivity index (χ2v) is 6.18. The van der Waals surface area contributed by atoms with Crippen molar-refractivity contribution in [3.05, 3.63) is 64.4 Å². The van der Waals surface area contributed by atoms with Crippen molar-refractivity contribution in [1.82, 2.24) is 9.55 Å². The zero-order chi connectivity index (χ0) is 14.8. The molecule has 0 amide bonds. The maximum Gasteiger partial charge on any atom is 0.112 e. The number of benzene rings is 2. The molecule has 3 nitrogen and oxygen atoms in total. The summed E-state index contributed by atoms with van der Waals surface area (Å²) in [6.45, 7) is 0. The number of para-hydroxylation sites is 2. The van der Waals surface area contributed by atoms with Crippen molar-refractivity contribution in [2.45, 2.75) is 18.9 Å². The van der Waals surface area contributed by atoms with Crippen LogP contribution in [0, 0.1) is 0 Å². The van der Waals surface area contributed by atoms with Crippen LogP contribution in [0.15, 0.2) is 53.0 Å². The second-order valence-electron chi connectivity index (χ2n) is 5.27. The summed E-state index contributed by atoms with van der Waals surface area (Å²) in [7, 11) is 2.00. The maximum absolute atomic E-state index is 10.3. The second kappa shape index (κ2) is 6.00. The third-order valence-electron chi connectivity index (χ3n) is 3.66. The number of nitrogens with zero attached hydrogens (tertiary/aromatic N) is 2. The van der Waals surface area contributed by atoms with E-state index >= 15 is 0 Å². The normalized spacial score (nSPS) is 12.7. The topological polar surface area (TPSA) is 38.0 Å². The molecular weight excluding hydrogens is 328 g/mol. The Bertz CT molecular complexity index is 766. The average molecular weight is 345 g/mol. The number of fused-ring (bicyclic) bond motifs is 1. The van der Waals surface area contributed by atoms with Gasteiger partial charge in [0.1, 0.15) is 5.82 Å². The van der Waals surface area contributed by atoms with Crippen molar-refractivity contribution in [3.8, 4) is 0 Å². The molecule has 0 aliphatic rings. The highest BCUT2D eigenvalue weighted by Gasteiger charge is 2.13. The maximum atomic E-state index is 10.3. The predicted octanol–water partition coefficient (Wildman–Crippen LogP) is 3.48. The molecule has 0 aliphatic carbocycles. The Balaban J connectivity index is 1.77. The molecule has 1 aromatic heterocycles. The van der Waals surface area contributed by atoms with Gasteiger partial charge in [-0.3, -0.25) is 0 Å². The molecule has 3 rings (SSSR count). The molecule has 4 heteroatoms. The number of hydrogen-bond donors (Lipinski definition) is 1. The van der Waals surface area contributed by atoms with Crippen LogP contribution in [0.2, 0.25) is 0 Å². The van der Waals surface area contributed by atoms with Gasteiger partial charge in [0.2, 0.25) is 0 Å². The minimum absolute atomic E-state index is 0.435. The number of hydrogen-bond acceptors (Lipinski definition) is 2. The van der Waals surface area contributed by atoms with Gasteiger partial charge in [-0.1, -0.05) is 40.2 Å². The van der Waals surface area contributed by atoms with Crippen LogP contribution in [0.1, 0.15) is 11.4 Å².